The number of anilines is 1. The minimum atomic E-state index is -3.95. The molecule has 0 saturated carbocycles. The Morgan fingerprint density at radius 1 is 1.00 bits per heavy atom. The molecule has 1 amide bonds. The van der Waals surface area contributed by atoms with Crippen molar-refractivity contribution in [2.45, 2.75) is 64.5 Å². The molecule has 1 atom stereocenters. The van der Waals surface area contributed by atoms with Gasteiger partial charge in [-0.2, -0.15) is 13.2 Å². The van der Waals surface area contributed by atoms with Crippen molar-refractivity contribution in [3.05, 3.63) is 88.7 Å². The minimum Gasteiger partial charge on any atom is -0.496 e. The molecule has 288 valence electrons. The third-order valence-corrected chi connectivity index (χ3v) is 8.89. The second-order valence-electron chi connectivity index (χ2n) is 12.8. The van der Waals surface area contributed by atoms with Crippen LogP contribution in [0, 0.1) is 12.7 Å². The maximum atomic E-state index is 13.0. The van der Waals surface area contributed by atoms with Crippen LogP contribution in [0.5, 0.6) is 11.5 Å². The number of rotatable bonds is 11. The lowest BCUT2D eigenvalue weighted by atomic mass is 9.87. The summed E-state index contributed by atoms with van der Waals surface area (Å²) in [5, 5.41) is 11.2. The Morgan fingerprint density at radius 3 is 2.17 bits per heavy atom. The van der Waals surface area contributed by atoms with Crippen LogP contribution in [0.4, 0.5) is 27.6 Å². The van der Waals surface area contributed by atoms with Gasteiger partial charge in [0.25, 0.3) is 5.91 Å². The molecule has 1 fully saturated rings. The van der Waals surface area contributed by atoms with Crippen molar-refractivity contribution in [1.82, 2.24) is 4.90 Å². The van der Waals surface area contributed by atoms with Crippen molar-refractivity contribution in [1.29, 1.82) is 0 Å². The monoisotopic (exact) mass is 745 g/mol. The van der Waals surface area contributed by atoms with Gasteiger partial charge in [-0.25, -0.2) is 8.78 Å². The number of carbonyl (C=O) groups excluding carboxylic acids is 1. The summed E-state index contributed by atoms with van der Waals surface area (Å²) in [6, 6.07) is 18.8. The molecule has 1 heterocycles. The Kier molecular flexibility index (Phi) is 15.9. The maximum Gasteiger partial charge on any atom is 0.389 e. The topological polar surface area (TPSA) is 128 Å². The van der Waals surface area contributed by atoms with Crippen LogP contribution in [0.2, 0.25) is 0 Å². The first kappa shape index (κ1) is 42.5. The number of nitrogen functional groups attached to an aromatic ring is 1. The van der Waals surface area contributed by atoms with E-state index in [-0.39, 0.29) is 30.8 Å². The van der Waals surface area contributed by atoms with Crippen LogP contribution in [0.25, 0.3) is 21.9 Å². The summed E-state index contributed by atoms with van der Waals surface area (Å²) in [5.74, 6) is -0.474. The van der Waals surface area contributed by atoms with E-state index in [0.29, 0.717) is 24.4 Å². The molecule has 4 aromatic carbocycles. The van der Waals surface area contributed by atoms with Crippen molar-refractivity contribution in [3.63, 3.8) is 0 Å². The molecular formula is C40H48F5N3O5. The summed E-state index contributed by atoms with van der Waals surface area (Å²) in [6.45, 7) is 5.01. The number of benzene rings is 4. The normalized spacial score (nSPS) is 14.4. The van der Waals surface area contributed by atoms with Gasteiger partial charge in [-0.15, -0.1) is 0 Å². The number of carboxylic acid groups (broad SMARTS) is 1. The van der Waals surface area contributed by atoms with E-state index < -0.39 is 30.3 Å². The number of nitrogens with two attached hydrogens (primary N) is 2. The molecule has 0 aliphatic carbocycles. The number of carbonyl (C=O) groups is 2. The summed E-state index contributed by atoms with van der Waals surface area (Å²) < 4.78 is 70.8. The largest absolute Gasteiger partial charge is 0.496 e. The summed E-state index contributed by atoms with van der Waals surface area (Å²) in [4.78, 5) is 24.0. The molecular weight excluding hydrogens is 697 g/mol. The highest BCUT2D eigenvalue weighted by Crippen LogP contribution is 2.45. The molecule has 5 rings (SSSR count). The number of carboxylic acids is 1. The molecule has 1 aliphatic rings. The van der Waals surface area contributed by atoms with Gasteiger partial charge in [0.2, 0.25) is 0 Å². The highest BCUT2D eigenvalue weighted by atomic mass is 19.4. The molecule has 1 aliphatic heterocycles. The molecule has 0 spiro atoms. The Morgan fingerprint density at radius 2 is 1.64 bits per heavy atom. The lowest BCUT2D eigenvalue weighted by molar-refractivity contribution is -0.137. The number of piperidine rings is 1. The average molecular weight is 746 g/mol. The first-order valence-corrected chi connectivity index (χ1v) is 17.3. The third kappa shape index (κ3) is 12.1. The number of methoxy groups -OCH3 is 2. The fourth-order valence-electron chi connectivity index (χ4n) is 6.50. The third-order valence-electron chi connectivity index (χ3n) is 8.89. The van der Waals surface area contributed by atoms with Crippen molar-refractivity contribution < 1.29 is 46.1 Å². The maximum absolute atomic E-state index is 13.0. The van der Waals surface area contributed by atoms with Gasteiger partial charge in [0.05, 0.1) is 25.3 Å². The van der Waals surface area contributed by atoms with E-state index in [1.54, 1.807) is 21.1 Å². The zero-order chi connectivity index (χ0) is 39.3. The Bertz CT molecular complexity index is 1800. The van der Waals surface area contributed by atoms with Gasteiger partial charge in [0.1, 0.15) is 24.0 Å². The van der Waals surface area contributed by atoms with Gasteiger partial charge in [-0.3, -0.25) is 9.59 Å². The van der Waals surface area contributed by atoms with Crippen LogP contribution in [-0.2, 0) is 11.2 Å². The summed E-state index contributed by atoms with van der Waals surface area (Å²) in [7, 11) is 3.34. The standard InChI is InChI=1S/C28H32FNO4.C8H9FN2O.C4H7F3/c1-33-25-16-21(20-7-5-14-30(18-20)15-13-29)17-26(34-2)28(25)24-10-4-8-22-19(11-12-27(31)32)6-3-9-23(22)24;1-4-2-5(10)3-6(9)7(4)8(11)12;1-2-3-4(5,6)7/h3-4,6,8-10,16-17,20H,5,7,11-15,18H2,1-2H3,(H,31,32);2-3H,10H2,1H3,(H2,11,12);2-3H2,1H3. The first-order chi connectivity index (χ1) is 25.1. The number of nitrogens with zero attached hydrogens (tertiary/aromatic N) is 1. The van der Waals surface area contributed by atoms with Crippen LogP contribution in [-0.4, -0.2) is 68.6 Å². The molecule has 0 radical (unpaired) electrons. The molecule has 1 saturated heterocycles. The van der Waals surface area contributed by atoms with Gasteiger partial charge in [-0.1, -0.05) is 43.3 Å². The molecule has 53 heavy (non-hydrogen) atoms. The first-order valence-electron chi connectivity index (χ1n) is 17.3. The quantitative estimate of drug-likeness (QED) is 0.103. The van der Waals surface area contributed by atoms with Crippen LogP contribution in [0.15, 0.2) is 60.7 Å². The van der Waals surface area contributed by atoms with E-state index in [0.717, 1.165) is 76.5 Å². The summed E-state index contributed by atoms with van der Waals surface area (Å²) >= 11 is 0. The SMILES string of the molecule is CCCC(F)(F)F.COc1cc(C2CCCN(CCF)C2)cc(OC)c1-c1cccc2c(CCC(=O)O)cccc12.Cc1cc(N)cc(F)c1C(N)=O. The number of fused-ring (bicyclic) bond motifs is 1. The van der Waals surface area contributed by atoms with Crippen molar-refractivity contribution in [2.75, 3.05) is 46.3 Å². The number of likely N-dealkylation sites (tertiary alicyclic amines) is 1. The smallest absolute Gasteiger partial charge is 0.389 e. The van der Waals surface area contributed by atoms with Crippen molar-refractivity contribution in [2.24, 2.45) is 5.73 Å². The van der Waals surface area contributed by atoms with Gasteiger partial charge in [0.15, 0.2) is 0 Å². The van der Waals surface area contributed by atoms with Crippen LogP contribution in [0.3, 0.4) is 0 Å². The predicted octanol–water partition coefficient (Wildman–Crippen LogP) is 8.85. The molecule has 0 aromatic heterocycles. The van der Waals surface area contributed by atoms with E-state index in [1.807, 2.05) is 30.3 Å². The Hall–Kier alpha value is -4.91. The van der Waals surface area contributed by atoms with E-state index >= 15 is 0 Å². The second kappa shape index (κ2) is 19.8. The number of hydrogen-bond acceptors (Lipinski definition) is 6. The number of halogens is 5. The Labute approximate surface area is 306 Å². The van der Waals surface area contributed by atoms with Crippen molar-refractivity contribution in [3.8, 4) is 22.6 Å². The zero-order valence-electron chi connectivity index (χ0n) is 30.5. The lowest BCUT2D eigenvalue weighted by Gasteiger charge is -2.32. The number of ether oxygens (including phenoxy) is 2. The van der Waals surface area contributed by atoms with E-state index in [4.69, 9.17) is 26.0 Å². The fraction of sp³-hybridized carbons (Fsp3) is 0.400. The average Bonchev–Trinajstić information content (AvgIpc) is 3.09. The summed E-state index contributed by atoms with van der Waals surface area (Å²) in [5.41, 5.74) is 14.9. The molecule has 4 aromatic rings. The van der Waals surface area contributed by atoms with Gasteiger partial charge < -0.3 is 30.9 Å². The number of primary amides is 1. The minimum absolute atomic E-state index is 0.0888. The zero-order valence-corrected chi connectivity index (χ0v) is 30.5. The van der Waals surface area contributed by atoms with Gasteiger partial charge in [-0.05, 0) is 102 Å². The lowest BCUT2D eigenvalue weighted by Crippen LogP contribution is -2.35. The predicted molar refractivity (Wildman–Crippen MR) is 198 cm³/mol. The van der Waals surface area contributed by atoms with Gasteiger partial charge in [0, 0.05) is 31.6 Å². The number of amides is 1. The second-order valence-corrected chi connectivity index (χ2v) is 12.8. The fourth-order valence-corrected chi connectivity index (χ4v) is 6.50. The molecule has 8 nitrogen and oxygen atoms in total. The summed E-state index contributed by atoms with van der Waals surface area (Å²) in [6.07, 6.45) is -1.77. The number of hydrogen-bond donors (Lipinski definition) is 3. The highest BCUT2D eigenvalue weighted by molar-refractivity contribution is 6.01. The van der Waals surface area contributed by atoms with E-state index in [2.05, 4.69) is 23.1 Å². The van der Waals surface area contributed by atoms with Crippen LogP contribution >= 0.6 is 0 Å². The Balaban J connectivity index is 0.000000326. The van der Waals surface area contributed by atoms with Crippen molar-refractivity contribution >= 4 is 28.3 Å². The van der Waals surface area contributed by atoms with E-state index in [1.165, 1.54) is 13.0 Å². The van der Waals surface area contributed by atoms with Crippen LogP contribution < -0.4 is 20.9 Å². The molecule has 0 bridgehead atoms. The van der Waals surface area contributed by atoms with Gasteiger partial charge >= 0.3 is 12.1 Å². The van der Waals surface area contributed by atoms with Crippen LogP contribution in [0.1, 0.15) is 72.0 Å². The number of aryl methyl sites for hydroxylation is 2. The van der Waals surface area contributed by atoms with E-state index in [9.17, 15) is 31.5 Å². The number of alkyl halides is 4. The highest BCUT2D eigenvalue weighted by Gasteiger charge is 2.26. The molecule has 1 unspecified atom stereocenters. The molecule has 5 N–H and O–H groups in total. The molecule has 13 heteroatoms. The number of aliphatic carboxylic acids is 1.